The van der Waals surface area contributed by atoms with Crippen LogP contribution in [-0.4, -0.2) is 10.9 Å². The number of amides is 1. The van der Waals surface area contributed by atoms with Gasteiger partial charge in [0.25, 0.3) is 5.91 Å². The molecule has 0 radical (unpaired) electrons. The Morgan fingerprint density at radius 3 is 2.43 bits per heavy atom. The predicted octanol–water partition coefficient (Wildman–Crippen LogP) is 5.88. The van der Waals surface area contributed by atoms with E-state index in [4.69, 9.17) is 4.42 Å². The number of nitrogens with zero attached hydrogens (tertiary/aromatic N) is 1. The lowest BCUT2D eigenvalue weighted by atomic mass is 10.0. The van der Waals surface area contributed by atoms with E-state index in [2.05, 4.69) is 42.3 Å². The Hall–Kier alpha value is -3.66. The van der Waals surface area contributed by atoms with Gasteiger partial charge < -0.3 is 9.73 Å². The molecule has 4 nitrogen and oxygen atoms in total. The Labute approximate surface area is 163 Å². The Kier molecular flexibility index (Phi) is 4.77. The molecule has 3 aromatic carbocycles. The van der Waals surface area contributed by atoms with E-state index in [0.717, 1.165) is 28.1 Å². The Morgan fingerprint density at radius 1 is 0.929 bits per heavy atom. The SMILES string of the molecule is Cc1ccc(C)c(-c2coc(-c3ccc(NC(=O)c4ccccc4)cc3)n2)c1. The molecule has 1 N–H and O–H groups in total. The fraction of sp³-hybridized carbons (Fsp3) is 0.0833. The van der Waals surface area contributed by atoms with Crippen molar-refractivity contribution in [2.24, 2.45) is 0 Å². The smallest absolute Gasteiger partial charge is 0.255 e. The number of carbonyl (C=O) groups excluding carboxylic acids is 1. The van der Waals surface area contributed by atoms with Gasteiger partial charge in [-0.1, -0.05) is 35.9 Å². The molecule has 0 saturated carbocycles. The molecular formula is C24H20N2O2. The molecule has 0 saturated heterocycles. The molecule has 1 aromatic heterocycles. The topological polar surface area (TPSA) is 55.1 Å². The number of aryl methyl sites for hydroxylation is 2. The van der Waals surface area contributed by atoms with Crippen molar-refractivity contribution in [3.8, 4) is 22.7 Å². The number of carbonyl (C=O) groups is 1. The van der Waals surface area contributed by atoms with E-state index in [1.807, 2.05) is 42.5 Å². The summed E-state index contributed by atoms with van der Waals surface area (Å²) < 4.78 is 5.69. The van der Waals surface area contributed by atoms with Gasteiger partial charge in [0.05, 0.1) is 0 Å². The van der Waals surface area contributed by atoms with Gasteiger partial charge in [-0.15, -0.1) is 0 Å². The van der Waals surface area contributed by atoms with Crippen LogP contribution in [0.3, 0.4) is 0 Å². The first kappa shape index (κ1) is 17.7. The van der Waals surface area contributed by atoms with Crippen LogP contribution < -0.4 is 5.32 Å². The summed E-state index contributed by atoms with van der Waals surface area (Å²) in [7, 11) is 0. The van der Waals surface area contributed by atoms with E-state index in [1.54, 1.807) is 18.4 Å². The van der Waals surface area contributed by atoms with E-state index in [1.165, 1.54) is 5.56 Å². The molecule has 0 unspecified atom stereocenters. The largest absolute Gasteiger partial charge is 0.444 e. The second-order valence-corrected chi connectivity index (χ2v) is 6.75. The standard InChI is InChI=1S/C24H20N2O2/c1-16-8-9-17(2)21(14-16)22-15-28-24(26-22)19-10-12-20(13-11-19)25-23(27)18-6-4-3-5-7-18/h3-15H,1-2H3,(H,25,27). The monoisotopic (exact) mass is 368 g/mol. The maximum absolute atomic E-state index is 12.2. The Bertz CT molecular complexity index is 1110. The van der Waals surface area contributed by atoms with Crippen molar-refractivity contribution in [1.82, 2.24) is 4.98 Å². The van der Waals surface area contributed by atoms with Gasteiger partial charge in [0.1, 0.15) is 12.0 Å². The normalized spacial score (nSPS) is 10.6. The molecule has 0 aliphatic heterocycles. The van der Waals surface area contributed by atoms with E-state index >= 15 is 0 Å². The number of hydrogen-bond donors (Lipinski definition) is 1. The number of anilines is 1. The summed E-state index contributed by atoms with van der Waals surface area (Å²) in [4.78, 5) is 16.9. The highest BCUT2D eigenvalue weighted by Gasteiger charge is 2.11. The van der Waals surface area contributed by atoms with Crippen molar-refractivity contribution < 1.29 is 9.21 Å². The first-order chi connectivity index (χ1) is 13.6. The Morgan fingerprint density at radius 2 is 1.68 bits per heavy atom. The highest BCUT2D eigenvalue weighted by atomic mass is 16.3. The third kappa shape index (κ3) is 3.71. The first-order valence-electron chi connectivity index (χ1n) is 9.10. The van der Waals surface area contributed by atoms with E-state index < -0.39 is 0 Å². The molecule has 0 fully saturated rings. The van der Waals surface area contributed by atoms with Crippen LogP contribution >= 0.6 is 0 Å². The van der Waals surface area contributed by atoms with Crippen molar-refractivity contribution in [1.29, 1.82) is 0 Å². The lowest BCUT2D eigenvalue weighted by Gasteiger charge is -2.05. The summed E-state index contributed by atoms with van der Waals surface area (Å²) in [6.07, 6.45) is 1.68. The van der Waals surface area contributed by atoms with E-state index in [0.29, 0.717) is 11.5 Å². The zero-order valence-corrected chi connectivity index (χ0v) is 15.8. The molecule has 1 heterocycles. The van der Waals surface area contributed by atoms with Gasteiger partial charge in [-0.3, -0.25) is 4.79 Å². The highest BCUT2D eigenvalue weighted by molar-refractivity contribution is 6.04. The number of hydrogen-bond acceptors (Lipinski definition) is 3. The third-order valence-electron chi connectivity index (χ3n) is 4.60. The second kappa shape index (κ2) is 7.53. The lowest BCUT2D eigenvalue weighted by molar-refractivity contribution is 0.102. The van der Waals surface area contributed by atoms with Crippen molar-refractivity contribution in [3.05, 3.63) is 95.7 Å². The van der Waals surface area contributed by atoms with Crippen molar-refractivity contribution in [2.75, 3.05) is 5.32 Å². The molecule has 138 valence electrons. The van der Waals surface area contributed by atoms with Crippen LogP contribution in [0, 0.1) is 13.8 Å². The van der Waals surface area contributed by atoms with Gasteiger partial charge in [0.2, 0.25) is 5.89 Å². The fourth-order valence-electron chi connectivity index (χ4n) is 3.03. The van der Waals surface area contributed by atoms with Crippen LogP contribution in [-0.2, 0) is 0 Å². The van der Waals surface area contributed by atoms with Crippen LogP contribution in [0.25, 0.3) is 22.7 Å². The molecule has 1 amide bonds. The molecule has 0 aliphatic carbocycles. The van der Waals surface area contributed by atoms with E-state index in [-0.39, 0.29) is 5.91 Å². The number of oxazole rings is 1. The van der Waals surface area contributed by atoms with Crippen molar-refractivity contribution in [3.63, 3.8) is 0 Å². The predicted molar refractivity (Wildman–Crippen MR) is 111 cm³/mol. The number of benzene rings is 3. The van der Waals surface area contributed by atoms with Gasteiger partial charge in [-0.05, 0) is 61.9 Å². The molecule has 0 aliphatic rings. The molecule has 4 rings (SSSR count). The highest BCUT2D eigenvalue weighted by Crippen LogP contribution is 2.28. The van der Waals surface area contributed by atoms with Gasteiger partial charge in [-0.2, -0.15) is 0 Å². The molecule has 0 spiro atoms. The minimum Gasteiger partial charge on any atom is -0.444 e. The third-order valence-corrected chi connectivity index (χ3v) is 4.60. The van der Waals surface area contributed by atoms with Crippen molar-refractivity contribution >= 4 is 11.6 Å². The van der Waals surface area contributed by atoms with Crippen LogP contribution in [0.15, 0.2) is 83.5 Å². The molecule has 0 bridgehead atoms. The van der Waals surface area contributed by atoms with Gasteiger partial charge in [-0.25, -0.2) is 4.98 Å². The minimum absolute atomic E-state index is 0.137. The first-order valence-corrected chi connectivity index (χ1v) is 9.10. The quantitative estimate of drug-likeness (QED) is 0.489. The molecule has 4 heteroatoms. The summed E-state index contributed by atoms with van der Waals surface area (Å²) in [6.45, 7) is 4.12. The van der Waals surface area contributed by atoms with Gasteiger partial charge in [0, 0.05) is 22.4 Å². The molecule has 0 atom stereocenters. The summed E-state index contributed by atoms with van der Waals surface area (Å²) in [5, 5.41) is 2.89. The number of rotatable bonds is 4. The van der Waals surface area contributed by atoms with Crippen LogP contribution in [0.2, 0.25) is 0 Å². The minimum atomic E-state index is -0.137. The average Bonchev–Trinajstić information content (AvgIpc) is 3.21. The van der Waals surface area contributed by atoms with E-state index in [9.17, 15) is 4.79 Å². The average molecular weight is 368 g/mol. The van der Waals surface area contributed by atoms with Crippen LogP contribution in [0.5, 0.6) is 0 Å². The Balaban J connectivity index is 1.52. The van der Waals surface area contributed by atoms with Crippen molar-refractivity contribution in [2.45, 2.75) is 13.8 Å². The van der Waals surface area contributed by atoms with Crippen LogP contribution in [0.4, 0.5) is 5.69 Å². The maximum atomic E-state index is 12.2. The number of aromatic nitrogens is 1. The summed E-state index contributed by atoms with van der Waals surface area (Å²) >= 11 is 0. The zero-order chi connectivity index (χ0) is 19.5. The molecular weight excluding hydrogens is 348 g/mol. The molecule has 28 heavy (non-hydrogen) atoms. The summed E-state index contributed by atoms with van der Waals surface area (Å²) in [5.41, 5.74) is 6.43. The summed E-state index contributed by atoms with van der Waals surface area (Å²) in [5.74, 6) is 0.415. The zero-order valence-electron chi connectivity index (χ0n) is 15.8. The lowest BCUT2D eigenvalue weighted by Crippen LogP contribution is -2.11. The van der Waals surface area contributed by atoms with Gasteiger partial charge in [0.15, 0.2) is 0 Å². The molecule has 4 aromatic rings. The maximum Gasteiger partial charge on any atom is 0.255 e. The number of nitrogens with one attached hydrogen (secondary N) is 1. The second-order valence-electron chi connectivity index (χ2n) is 6.75. The summed E-state index contributed by atoms with van der Waals surface area (Å²) in [6, 6.07) is 22.9. The van der Waals surface area contributed by atoms with Crippen LogP contribution in [0.1, 0.15) is 21.5 Å². The van der Waals surface area contributed by atoms with Gasteiger partial charge >= 0.3 is 0 Å². The fourth-order valence-corrected chi connectivity index (χ4v) is 3.03.